The van der Waals surface area contributed by atoms with Crippen molar-refractivity contribution in [3.8, 4) is 0 Å². The third kappa shape index (κ3) is 3.60. The third-order valence-electron chi connectivity index (χ3n) is 4.07. The predicted molar refractivity (Wildman–Crippen MR) is 92.2 cm³/mol. The quantitative estimate of drug-likeness (QED) is 0.868. The van der Waals surface area contributed by atoms with Gasteiger partial charge in [-0.25, -0.2) is 0 Å². The molecule has 3 rings (SSSR count). The lowest BCUT2D eigenvalue weighted by Crippen LogP contribution is -2.48. The van der Waals surface area contributed by atoms with Crippen molar-refractivity contribution in [3.63, 3.8) is 0 Å². The van der Waals surface area contributed by atoms with Gasteiger partial charge >= 0.3 is 0 Å². The molecule has 1 aromatic carbocycles. The van der Waals surface area contributed by atoms with Gasteiger partial charge in [0.15, 0.2) is 5.76 Å². The Kier molecular flexibility index (Phi) is 4.73. The first-order chi connectivity index (χ1) is 11.1. The molecule has 5 nitrogen and oxygen atoms in total. The SMILES string of the molecule is NC(=S)c1ccccc1CN1CCN(C(=O)c2ccco2)CC1. The summed E-state index contributed by atoms with van der Waals surface area (Å²) in [6.07, 6.45) is 1.52. The van der Waals surface area contributed by atoms with Gasteiger partial charge in [-0.05, 0) is 17.7 Å². The summed E-state index contributed by atoms with van der Waals surface area (Å²) in [5, 5.41) is 0. The standard InChI is InChI=1S/C17H19N3O2S/c18-16(23)14-5-2-1-4-13(14)12-19-7-9-20(10-8-19)17(21)15-6-3-11-22-15/h1-6,11H,7-10,12H2,(H2,18,23). The van der Waals surface area contributed by atoms with E-state index >= 15 is 0 Å². The molecule has 0 saturated carbocycles. The van der Waals surface area contributed by atoms with Gasteiger partial charge in [0, 0.05) is 38.3 Å². The molecule has 2 N–H and O–H groups in total. The molecule has 0 aliphatic carbocycles. The maximum Gasteiger partial charge on any atom is 0.289 e. The molecule has 0 atom stereocenters. The van der Waals surface area contributed by atoms with Gasteiger partial charge in [0.2, 0.25) is 0 Å². The first-order valence-electron chi connectivity index (χ1n) is 7.58. The number of hydrogen-bond donors (Lipinski definition) is 1. The van der Waals surface area contributed by atoms with Crippen molar-refractivity contribution in [3.05, 3.63) is 59.5 Å². The van der Waals surface area contributed by atoms with Gasteiger partial charge in [0.1, 0.15) is 4.99 Å². The Labute approximate surface area is 140 Å². The molecule has 2 heterocycles. The number of furan rings is 1. The molecule has 2 aromatic rings. The molecule has 6 heteroatoms. The van der Waals surface area contributed by atoms with Crippen LogP contribution in [-0.2, 0) is 6.54 Å². The first kappa shape index (κ1) is 15.7. The summed E-state index contributed by atoms with van der Waals surface area (Å²) in [5.74, 6) is 0.357. The van der Waals surface area contributed by atoms with Crippen molar-refractivity contribution in [1.82, 2.24) is 9.80 Å². The maximum atomic E-state index is 12.2. The average molecular weight is 329 g/mol. The number of carbonyl (C=O) groups excluding carboxylic acids is 1. The molecule has 0 unspecified atom stereocenters. The van der Waals surface area contributed by atoms with Gasteiger partial charge in [-0.15, -0.1) is 0 Å². The lowest BCUT2D eigenvalue weighted by atomic mass is 10.1. The second-order valence-corrected chi connectivity index (χ2v) is 6.01. The molecular formula is C17H19N3O2S. The Morgan fingerprint density at radius 3 is 2.52 bits per heavy atom. The molecule has 0 radical (unpaired) electrons. The van der Waals surface area contributed by atoms with Crippen LogP contribution in [0.2, 0.25) is 0 Å². The lowest BCUT2D eigenvalue weighted by molar-refractivity contribution is 0.0598. The summed E-state index contributed by atoms with van der Waals surface area (Å²) in [7, 11) is 0. The van der Waals surface area contributed by atoms with Gasteiger partial charge in [0.25, 0.3) is 5.91 Å². The van der Waals surface area contributed by atoms with Crippen LogP contribution in [0.4, 0.5) is 0 Å². The highest BCUT2D eigenvalue weighted by atomic mass is 32.1. The normalized spacial score (nSPS) is 15.6. The van der Waals surface area contributed by atoms with E-state index < -0.39 is 0 Å². The van der Waals surface area contributed by atoms with Gasteiger partial charge in [-0.1, -0.05) is 36.5 Å². The number of rotatable bonds is 4. The molecular weight excluding hydrogens is 310 g/mol. The van der Waals surface area contributed by atoms with Crippen LogP contribution in [0.3, 0.4) is 0 Å². The lowest BCUT2D eigenvalue weighted by Gasteiger charge is -2.34. The van der Waals surface area contributed by atoms with E-state index in [2.05, 4.69) is 11.0 Å². The van der Waals surface area contributed by atoms with E-state index in [4.69, 9.17) is 22.4 Å². The Hall–Kier alpha value is -2.18. The molecule has 1 aliphatic rings. The van der Waals surface area contributed by atoms with E-state index in [0.29, 0.717) is 23.8 Å². The summed E-state index contributed by atoms with van der Waals surface area (Å²) in [5.41, 5.74) is 7.84. The van der Waals surface area contributed by atoms with Crippen LogP contribution in [0.25, 0.3) is 0 Å². The fourth-order valence-corrected chi connectivity index (χ4v) is 3.00. The van der Waals surface area contributed by atoms with Crippen LogP contribution in [0.5, 0.6) is 0 Å². The third-order valence-corrected chi connectivity index (χ3v) is 4.29. The summed E-state index contributed by atoms with van der Waals surface area (Å²) >= 11 is 5.11. The molecule has 0 spiro atoms. The van der Waals surface area contributed by atoms with Crippen molar-refractivity contribution in [2.24, 2.45) is 5.73 Å². The van der Waals surface area contributed by atoms with E-state index in [9.17, 15) is 4.79 Å². The molecule has 23 heavy (non-hydrogen) atoms. The molecule has 1 aromatic heterocycles. The first-order valence-corrected chi connectivity index (χ1v) is 7.99. The Bertz CT molecular complexity index is 692. The van der Waals surface area contributed by atoms with Crippen molar-refractivity contribution in [1.29, 1.82) is 0 Å². The smallest absolute Gasteiger partial charge is 0.289 e. The van der Waals surface area contributed by atoms with Crippen molar-refractivity contribution in [2.45, 2.75) is 6.54 Å². The summed E-state index contributed by atoms with van der Waals surface area (Å²) in [6.45, 7) is 3.80. The summed E-state index contributed by atoms with van der Waals surface area (Å²) in [4.78, 5) is 16.8. The number of benzene rings is 1. The minimum Gasteiger partial charge on any atom is -0.459 e. The number of amides is 1. The number of nitrogens with two attached hydrogens (primary N) is 1. The zero-order valence-electron chi connectivity index (χ0n) is 12.8. The van der Waals surface area contributed by atoms with Crippen molar-refractivity contribution in [2.75, 3.05) is 26.2 Å². The van der Waals surface area contributed by atoms with Crippen LogP contribution in [0.15, 0.2) is 47.1 Å². The Morgan fingerprint density at radius 1 is 1.13 bits per heavy atom. The van der Waals surface area contributed by atoms with Crippen LogP contribution in [0, 0.1) is 0 Å². The maximum absolute atomic E-state index is 12.2. The monoisotopic (exact) mass is 329 g/mol. The van der Waals surface area contributed by atoms with Gasteiger partial charge in [-0.2, -0.15) is 0 Å². The van der Waals surface area contributed by atoms with Crippen LogP contribution in [0.1, 0.15) is 21.7 Å². The molecule has 1 aliphatic heterocycles. The zero-order valence-corrected chi connectivity index (χ0v) is 13.6. The van der Waals surface area contributed by atoms with Crippen molar-refractivity contribution < 1.29 is 9.21 Å². The van der Waals surface area contributed by atoms with E-state index in [1.54, 1.807) is 12.1 Å². The average Bonchev–Trinajstić information content (AvgIpc) is 3.10. The molecule has 0 bridgehead atoms. The zero-order chi connectivity index (χ0) is 16.2. The second kappa shape index (κ2) is 6.93. The summed E-state index contributed by atoms with van der Waals surface area (Å²) in [6, 6.07) is 11.4. The Morgan fingerprint density at radius 2 is 1.87 bits per heavy atom. The molecule has 120 valence electrons. The van der Waals surface area contributed by atoms with E-state index in [0.717, 1.165) is 30.8 Å². The van der Waals surface area contributed by atoms with Crippen LogP contribution >= 0.6 is 12.2 Å². The van der Waals surface area contributed by atoms with Crippen molar-refractivity contribution >= 4 is 23.1 Å². The second-order valence-electron chi connectivity index (χ2n) is 5.57. The van der Waals surface area contributed by atoms with E-state index in [-0.39, 0.29) is 5.91 Å². The number of carbonyl (C=O) groups is 1. The summed E-state index contributed by atoms with van der Waals surface area (Å²) < 4.78 is 5.18. The molecule has 1 amide bonds. The largest absolute Gasteiger partial charge is 0.459 e. The minimum absolute atomic E-state index is 0.0433. The Balaban J connectivity index is 1.60. The van der Waals surface area contributed by atoms with Gasteiger partial charge in [0.05, 0.1) is 6.26 Å². The highest BCUT2D eigenvalue weighted by Crippen LogP contribution is 2.15. The van der Waals surface area contributed by atoms with Crippen LogP contribution in [-0.4, -0.2) is 46.9 Å². The number of nitrogens with zero attached hydrogens (tertiary/aromatic N) is 2. The highest BCUT2D eigenvalue weighted by molar-refractivity contribution is 7.80. The molecule has 1 fully saturated rings. The molecule has 1 saturated heterocycles. The predicted octanol–water partition coefficient (Wildman–Crippen LogP) is 1.87. The van der Waals surface area contributed by atoms with Gasteiger partial charge < -0.3 is 15.1 Å². The van der Waals surface area contributed by atoms with Crippen LogP contribution < -0.4 is 5.73 Å². The fraction of sp³-hybridized carbons (Fsp3) is 0.294. The van der Waals surface area contributed by atoms with E-state index in [1.165, 1.54) is 6.26 Å². The van der Waals surface area contributed by atoms with E-state index in [1.807, 2.05) is 23.1 Å². The topological polar surface area (TPSA) is 62.7 Å². The fourth-order valence-electron chi connectivity index (χ4n) is 2.80. The minimum atomic E-state index is -0.0433. The number of thiocarbonyl (C=S) groups is 1. The highest BCUT2D eigenvalue weighted by Gasteiger charge is 2.24. The number of hydrogen-bond acceptors (Lipinski definition) is 4. The number of piperazine rings is 1. The van der Waals surface area contributed by atoms with Gasteiger partial charge in [-0.3, -0.25) is 9.69 Å².